The van der Waals surface area contributed by atoms with Crippen molar-refractivity contribution in [3.05, 3.63) is 29.3 Å². The van der Waals surface area contributed by atoms with E-state index in [1.54, 1.807) is 6.07 Å². The van der Waals surface area contributed by atoms with Crippen molar-refractivity contribution in [1.82, 2.24) is 0 Å². The molecule has 4 nitrogen and oxygen atoms in total. The molecule has 0 saturated heterocycles. The Morgan fingerprint density at radius 1 is 1.37 bits per heavy atom. The second-order valence-corrected chi connectivity index (χ2v) is 5.37. The molecular weight excluding hydrogens is 238 g/mol. The number of carbonyl (C=O) groups is 1. The minimum atomic E-state index is -0.375. The summed E-state index contributed by atoms with van der Waals surface area (Å²) in [6, 6.07) is 6.05. The van der Waals surface area contributed by atoms with Crippen LogP contribution in [0.25, 0.3) is 0 Å². The SMILES string of the molecule is Cc1c(NC2CCCCC2CN)cccc1C(N)=O. The van der Waals surface area contributed by atoms with Crippen LogP contribution in [0.1, 0.15) is 41.6 Å². The summed E-state index contributed by atoms with van der Waals surface area (Å²) in [5.74, 6) is 0.144. The maximum absolute atomic E-state index is 11.4. The lowest BCUT2D eigenvalue weighted by Gasteiger charge is -2.32. The van der Waals surface area contributed by atoms with Crippen molar-refractivity contribution < 1.29 is 4.79 Å². The van der Waals surface area contributed by atoms with E-state index in [0.717, 1.165) is 17.7 Å². The van der Waals surface area contributed by atoms with Crippen LogP contribution in [0.15, 0.2) is 18.2 Å². The third kappa shape index (κ3) is 3.07. The van der Waals surface area contributed by atoms with E-state index in [1.807, 2.05) is 19.1 Å². The topological polar surface area (TPSA) is 81.1 Å². The van der Waals surface area contributed by atoms with Gasteiger partial charge in [-0.2, -0.15) is 0 Å². The number of anilines is 1. The molecule has 1 aliphatic carbocycles. The maximum atomic E-state index is 11.4. The van der Waals surface area contributed by atoms with Gasteiger partial charge in [0.15, 0.2) is 0 Å². The first-order valence-corrected chi connectivity index (χ1v) is 6.99. The van der Waals surface area contributed by atoms with Crippen LogP contribution in [0.2, 0.25) is 0 Å². The van der Waals surface area contributed by atoms with Crippen LogP contribution in [0.3, 0.4) is 0 Å². The predicted octanol–water partition coefficient (Wildman–Crippen LogP) is 2.02. The molecule has 1 aromatic rings. The lowest BCUT2D eigenvalue weighted by molar-refractivity contribution is 0.1000. The number of hydrogen-bond acceptors (Lipinski definition) is 3. The molecule has 0 radical (unpaired) electrons. The Morgan fingerprint density at radius 2 is 2.11 bits per heavy atom. The number of rotatable bonds is 4. The summed E-state index contributed by atoms with van der Waals surface area (Å²) in [5, 5.41) is 3.56. The molecule has 2 unspecified atom stereocenters. The Hall–Kier alpha value is -1.55. The first-order valence-electron chi connectivity index (χ1n) is 6.99. The van der Waals surface area contributed by atoms with Crippen LogP contribution in [0, 0.1) is 12.8 Å². The molecule has 5 N–H and O–H groups in total. The summed E-state index contributed by atoms with van der Waals surface area (Å²) < 4.78 is 0. The van der Waals surface area contributed by atoms with Gasteiger partial charge in [0.05, 0.1) is 0 Å². The fraction of sp³-hybridized carbons (Fsp3) is 0.533. The zero-order valence-electron chi connectivity index (χ0n) is 11.5. The molecule has 0 aromatic heterocycles. The highest BCUT2D eigenvalue weighted by Gasteiger charge is 2.24. The van der Waals surface area contributed by atoms with Gasteiger partial charge in [-0.1, -0.05) is 18.9 Å². The van der Waals surface area contributed by atoms with Crippen molar-refractivity contribution in [2.75, 3.05) is 11.9 Å². The van der Waals surface area contributed by atoms with Crippen LogP contribution in [0.5, 0.6) is 0 Å². The van der Waals surface area contributed by atoms with Gasteiger partial charge in [-0.15, -0.1) is 0 Å². The minimum Gasteiger partial charge on any atom is -0.382 e. The second-order valence-electron chi connectivity index (χ2n) is 5.37. The summed E-state index contributed by atoms with van der Waals surface area (Å²) in [4.78, 5) is 11.4. The Kier molecular flexibility index (Phi) is 4.43. The molecule has 1 aromatic carbocycles. The lowest BCUT2D eigenvalue weighted by atomic mass is 9.84. The van der Waals surface area contributed by atoms with Crippen LogP contribution < -0.4 is 16.8 Å². The summed E-state index contributed by atoms with van der Waals surface area (Å²) in [5.41, 5.74) is 13.7. The minimum absolute atomic E-state index is 0.375. The van der Waals surface area contributed by atoms with Gasteiger partial charge in [-0.25, -0.2) is 0 Å². The zero-order valence-corrected chi connectivity index (χ0v) is 11.5. The molecule has 19 heavy (non-hydrogen) atoms. The average Bonchev–Trinajstić information content (AvgIpc) is 2.41. The maximum Gasteiger partial charge on any atom is 0.249 e. The van der Waals surface area contributed by atoms with Crippen molar-refractivity contribution in [2.45, 2.75) is 38.6 Å². The normalized spacial score (nSPS) is 23.1. The molecule has 4 heteroatoms. The van der Waals surface area contributed by atoms with E-state index >= 15 is 0 Å². The van der Waals surface area contributed by atoms with Crippen molar-refractivity contribution >= 4 is 11.6 Å². The van der Waals surface area contributed by atoms with Gasteiger partial charge in [-0.3, -0.25) is 4.79 Å². The standard InChI is InChI=1S/C15H23N3O/c1-10-12(15(17)19)6-4-8-13(10)18-14-7-3-2-5-11(14)9-16/h4,6,8,11,14,18H,2-3,5,7,9,16H2,1H3,(H2,17,19). The first-order chi connectivity index (χ1) is 9.13. The van der Waals surface area contributed by atoms with Gasteiger partial charge in [0.2, 0.25) is 5.91 Å². The van der Waals surface area contributed by atoms with Crippen molar-refractivity contribution in [2.24, 2.45) is 17.4 Å². The molecule has 0 bridgehead atoms. The number of hydrogen-bond donors (Lipinski definition) is 3. The van der Waals surface area contributed by atoms with Gasteiger partial charge in [0.25, 0.3) is 0 Å². The highest BCUT2D eigenvalue weighted by Crippen LogP contribution is 2.28. The lowest BCUT2D eigenvalue weighted by Crippen LogP contribution is -2.37. The van der Waals surface area contributed by atoms with E-state index in [0.29, 0.717) is 24.1 Å². The summed E-state index contributed by atoms with van der Waals surface area (Å²) >= 11 is 0. The molecular formula is C15H23N3O. The van der Waals surface area contributed by atoms with Crippen LogP contribution in [0.4, 0.5) is 5.69 Å². The summed E-state index contributed by atoms with van der Waals surface area (Å²) in [6.07, 6.45) is 4.83. The largest absolute Gasteiger partial charge is 0.382 e. The van der Waals surface area contributed by atoms with E-state index in [4.69, 9.17) is 11.5 Å². The van der Waals surface area contributed by atoms with Crippen LogP contribution in [-0.4, -0.2) is 18.5 Å². The van der Waals surface area contributed by atoms with E-state index in [9.17, 15) is 4.79 Å². The van der Waals surface area contributed by atoms with E-state index in [1.165, 1.54) is 19.3 Å². The van der Waals surface area contributed by atoms with Crippen LogP contribution in [-0.2, 0) is 0 Å². The van der Waals surface area contributed by atoms with Crippen molar-refractivity contribution in [3.63, 3.8) is 0 Å². The second kappa shape index (κ2) is 6.06. The number of nitrogens with one attached hydrogen (secondary N) is 1. The quantitative estimate of drug-likeness (QED) is 0.775. The van der Waals surface area contributed by atoms with Gasteiger partial charge >= 0.3 is 0 Å². The molecule has 1 fully saturated rings. The van der Waals surface area contributed by atoms with E-state index in [2.05, 4.69) is 5.32 Å². The molecule has 1 aliphatic rings. The summed E-state index contributed by atoms with van der Waals surface area (Å²) in [6.45, 7) is 2.65. The molecule has 104 valence electrons. The Balaban J connectivity index is 2.18. The zero-order chi connectivity index (χ0) is 13.8. The molecule has 1 saturated carbocycles. The monoisotopic (exact) mass is 261 g/mol. The van der Waals surface area contributed by atoms with Crippen molar-refractivity contribution in [3.8, 4) is 0 Å². The third-order valence-corrected chi connectivity index (χ3v) is 4.15. The third-order valence-electron chi connectivity index (χ3n) is 4.15. The molecule has 0 heterocycles. The van der Waals surface area contributed by atoms with E-state index < -0.39 is 0 Å². The number of amides is 1. The van der Waals surface area contributed by atoms with Gasteiger partial charge in [0.1, 0.15) is 0 Å². The highest BCUT2D eigenvalue weighted by molar-refractivity contribution is 5.95. The smallest absolute Gasteiger partial charge is 0.249 e. The fourth-order valence-electron chi connectivity index (χ4n) is 2.94. The molecule has 0 spiro atoms. The fourth-order valence-corrected chi connectivity index (χ4v) is 2.94. The average molecular weight is 261 g/mol. The number of nitrogens with two attached hydrogens (primary N) is 2. The Bertz CT molecular complexity index is 459. The first kappa shape index (κ1) is 13.9. The van der Waals surface area contributed by atoms with Crippen molar-refractivity contribution in [1.29, 1.82) is 0 Å². The Morgan fingerprint density at radius 3 is 2.79 bits per heavy atom. The van der Waals surface area contributed by atoms with Gasteiger partial charge < -0.3 is 16.8 Å². The van der Waals surface area contributed by atoms with Crippen LogP contribution >= 0.6 is 0 Å². The van der Waals surface area contributed by atoms with Gasteiger partial charge in [-0.05, 0) is 49.9 Å². The predicted molar refractivity (Wildman–Crippen MR) is 78.1 cm³/mol. The van der Waals surface area contributed by atoms with E-state index in [-0.39, 0.29) is 5.91 Å². The number of carbonyl (C=O) groups excluding carboxylic acids is 1. The highest BCUT2D eigenvalue weighted by atomic mass is 16.1. The molecule has 2 rings (SSSR count). The number of benzene rings is 1. The Labute approximate surface area is 114 Å². The molecule has 1 amide bonds. The number of primary amides is 1. The van der Waals surface area contributed by atoms with Gasteiger partial charge in [0, 0.05) is 17.3 Å². The summed E-state index contributed by atoms with van der Waals surface area (Å²) in [7, 11) is 0. The molecule has 2 atom stereocenters. The molecule has 0 aliphatic heterocycles.